The van der Waals surface area contributed by atoms with E-state index in [1.54, 1.807) is 0 Å². The molecule has 0 rings (SSSR count). The molecular formula is C10H22N2. The van der Waals surface area contributed by atoms with Crippen molar-refractivity contribution in [3.8, 4) is 0 Å². The Morgan fingerprint density at radius 3 is 1.58 bits per heavy atom. The van der Waals surface area contributed by atoms with E-state index in [0.29, 0.717) is 23.7 Å². The molecule has 2 heteroatoms. The van der Waals surface area contributed by atoms with Gasteiger partial charge in [0, 0.05) is 13.1 Å². The summed E-state index contributed by atoms with van der Waals surface area (Å²) in [5.74, 6) is 1.87. The first-order chi connectivity index (χ1) is 5.37. The summed E-state index contributed by atoms with van der Waals surface area (Å²) in [7, 11) is 2.01. The fourth-order valence-electron chi connectivity index (χ4n) is 1.86. The topological polar surface area (TPSA) is 29.3 Å². The molecule has 0 heterocycles. The standard InChI is InChI=1S/C10H22N2/c1-7(2)10(8(3)4)12(6)9(5)11/h7-8,10H,5,11H2,1-4,6H3. The van der Waals surface area contributed by atoms with Crippen LogP contribution in [0, 0.1) is 11.8 Å². The summed E-state index contributed by atoms with van der Waals surface area (Å²) >= 11 is 0. The SMILES string of the molecule is C=C(N)N(C)C(C(C)C)C(C)C. The van der Waals surface area contributed by atoms with E-state index in [1.807, 2.05) is 7.05 Å². The molecule has 72 valence electrons. The Balaban J connectivity index is 4.40. The third-order valence-corrected chi connectivity index (χ3v) is 2.27. The minimum Gasteiger partial charge on any atom is -0.386 e. The maximum Gasteiger partial charge on any atom is 0.0912 e. The molecule has 0 saturated heterocycles. The molecule has 0 amide bonds. The largest absolute Gasteiger partial charge is 0.386 e. The second-order valence-corrected chi connectivity index (χ2v) is 4.08. The van der Waals surface area contributed by atoms with E-state index in [9.17, 15) is 0 Å². The van der Waals surface area contributed by atoms with Gasteiger partial charge in [-0.3, -0.25) is 0 Å². The molecule has 12 heavy (non-hydrogen) atoms. The van der Waals surface area contributed by atoms with Crippen LogP contribution in [0.15, 0.2) is 12.4 Å². The van der Waals surface area contributed by atoms with Crippen LogP contribution in [0.25, 0.3) is 0 Å². The molecule has 0 aromatic heterocycles. The summed E-state index contributed by atoms with van der Waals surface area (Å²) < 4.78 is 0. The van der Waals surface area contributed by atoms with Gasteiger partial charge in [0.15, 0.2) is 0 Å². The van der Waals surface area contributed by atoms with E-state index >= 15 is 0 Å². The number of hydrogen-bond acceptors (Lipinski definition) is 2. The van der Waals surface area contributed by atoms with Crippen molar-refractivity contribution in [2.24, 2.45) is 17.6 Å². The zero-order valence-corrected chi connectivity index (χ0v) is 8.96. The molecule has 0 aliphatic heterocycles. The van der Waals surface area contributed by atoms with Crippen molar-refractivity contribution in [1.82, 2.24) is 4.90 Å². The summed E-state index contributed by atoms with van der Waals surface area (Å²) in [5, 5.41) is 0. The van der Waals surface area contributed by atoms with Gasteiger partial charge >= 0.3 is 0 Å². The third kappa shape index (κ3) is 2.76. The summed E-state index contributed by atoms with van der Waals surface area (Å²) in [6.07, 6.45) is 0. The first-order valence-corrected chi connectivity index (χ1v) is 4.55. The van der Waals surface area contributed by atoms with Gasteiger partial charge in [-0.1, -0.05) is 34.3 Å². The van der Waals surface area contributed by atoms with Gasteiger partial charge in [0.25, 0.3) is 0 Å². The van der Waals surface area contributed by atoms with Crippen molar-refractivity contribution < 1.29 is 0 Å². The minimum absolute atomic E-state index is 0.488. The highest BCUT2D eigenvalue weighted by atomic mass is 15.2. The summed E-state index contributed by atoms with van der Waals surface area (Å²) in [5.41, 5.74) is 5.64. The first kappa shape index (κ1) is 11.3. The lowest BCUT2D eigenvalue weighted by atomic mass is 9.92. The second kappa shape index (κ2) is 4.39. The maximum atomic E-state index is 5.64. The van der Waals surface area contributed by atoms with Gasteiger partial charge in [-0.25, -0.2) is 0 Å². The molecule has 0 bridgehead atoms. The van der Waals surface area contributed by atoms with Crippen molar-refractivity contribution in [2.75, 3.05) is 7.05 Å². The summed E-state index contributed by atoms with van der Waals surface area (Å²) in [4.78, 5) is 2.06. The maximum absolute atomic E-state index is 5.64. The molecular weight excluding hydrogens is 148 g/mol. The lowest BCUT2D eigenvalue weighted by Gasteiger charge is -2.35. The van der Waals surface area contributed by atoms with E-state index in [-0.39, 0.29) is 0 Å². The normalized spacial score (nSPS) is 11.3. The molecule has 0 atom stereocenters. The molecule has 0 saturated carbocycles. The highest BCUT2D eigenvalue weighted by molar-refractivity contribution is 4.91. The highest BCUT2D eigenvalue weighted by Gasteiger charge is 2.21. The van der Waals surface area contributed by atoms with Crippen LogP contribution in [-0.4, -0.2) is 18.0 Å². The highest BCUT2D eigenvalue weighted by Crippen LogP contribution is 2.19. The van der Waals surface area contributed by atoms with E-state index in [2.05, 4.69) is 39.2 Å². The van der Waals surface area contributed by atoms with E-state index < -0.39 is 0 Å². The van der Waals surface area contributed by atoms with Gasteiger partial charge in [0.05, 0.1) is 5.82 Å². The number of hydrogen-bond donors (Lipinski definition) is 1. The van der Waals surface area contributed by atoms with Crippen molar-refractivity contribution in [3.63, 3.8) is 0 Å². The van der Waals surface area contributed by atoms with Gasteiger partial charge in [-0.15, -0.1) is 0 Å². The Morgan fingerprint density at radius 2 is 1.50 bits per heavy atom. The zero-order chi connectivity index (χ0) is 9.89. The smallest absolute Gasteiger partial charge is 0.0912 e. The van der Waals surface area contributed by atoms with Crippen LogP contribution in [0.3, 0.4) is 0 Å². The fraction of sp³-hybridized carbons (Fsp3) is 0.800. The Hall–Kier alpha value is -0.660. The summed E-state index contributed by atoms with van der Waals surface area (Å²) in [6, 6.07) is 0.488. The quantitative estimate of drug-likeness (QED) is 0.699. The van der Waals surface area contributed by atoms with E-state index in [4.69, 9.17) is 5.73 Å². The molecule has 0 fully saturated rings. The van der Waals surface area contributed by atoms with Gasteiger partial charge < -0.3 is 10.6 Å². The van der Waals surface area contributed by atoms with Crippen LogP contribution in [0.1, 0.15) is 27.7 Å². The van der Waals surface area contributed by atoms with Gasteiger partial charge in [-0.05, 0) is 11.8 Å². The van der Waals surface area contributed by atoms with E-state index in [1.165, 1.54) is 0 Å². The molecule has 0 radical (unpaired) electrons. The lowest BCUT2D eigenvalue weighted by Crippen LogP contribution is -2.41. The van der Waals surface area contributed by atoms with Crippen LogP contribution in [0.4, 0.5) is 0 Å². The Morgan fingerprint density at radius 1 is 1.17 bits per heavy atom. The zero-order valence-electron chi connectivity index (χ0n) is 8.96. The predicted molar refractivity (Wildman–Crippen MR) is 54.6 cm³/mol. The first-order valence-electron chi connectivity index (χ1n) is 4.55. The molecule has 0 unspecified atom stereocenters. The van der Waals surface area contributed by atoms with Crippen LogP contribution in [0.2, 0.25) is 0 Å². The predicted octanol–water partition coefficient (Wildman–Crippen LogP) is 2.03. The molecule has 2 N–H and O–H groups in total. The molecule has 2 nitrogen and oxygen atoms in total. The Kier molecular flexibility index (Phi) is 4.15. The van der Waals surface area contributed by atoms with Crippen LogP contribution < -0.4 is 5.73 Å². The van der Waals surface area contributed by atoms with Crippen LogP contribution in [-0.2, 0) is 0 Å². The Bertz CT molecular complexity index is 142. The molecule has 0 spiro atoms. The lowest BCUT2D eigenvalue weighted by molar-refractivity contribution is 0.182. The van der Waals surface area contributed by atoms with Crippen molar-refractivity contribution in [3.05, 3.63) is 12.4 Å². The molecule has 0 aliphatic carbocycles. The van der Waals surface area contributed by atoms with Crippen molar-refractivity contribution in [1.29, 1.82) is 0 Å². The monoisotopic (exact) mass is 170 g/mol. The average molecular weight is 170 g/mol. The van der Waals surface area contributed by atoms with Gasteiger partial charge in [-0.2, -0.15) is 0 Å². The molecule has 0 aromatic carbocycles. The summed E-state index contributed by atoms with van der Waals surface area (Å²) in [6.45, 7) is 12.6. The number of nitrogens with zero attached hydrogens (tertiary/aromatic N) is 1. The Labute approximate surface area is 76.4 Å². The van der Waals surface area contributed by atoms with Gasteiger partial charge in [0.2, 0.25) is 0 Å². The number of rotatable bonds is 4. The number of nitrogens with two attached hydrogens (primary N) is 1. The fourth-order valence-corrected chi connectivity index (χ4v) is 1.86. The van der Waals surface area contributed by atoms with Crippen LogP contribution in [0.5, 0.6) is 0 Å². The molecule has 0 aliphatic rings. The third-order valence-electron chi connectivity index (χ3n) is 2.27. The second-order valence-electron chi connectivity index (χ2n) is 4.08. The minimum atomic E-state index is 0.488. The molecule has 0 aromatic rings. The van der Waals surface area contributed by atoms with Gasteiger partial charge in [0.1, 0.15) is 0 Å². The van der Waals surface area contributed by atoms with E-state index in [0.717, 1.165) is 0 Å². The van der Waals surface area contributed by atoms with Crippen molar-refractivity contribution >= 4 is 0 Å². The van der Waals surface area contributed by atoms with Crippen LogP contribution >= 0.6 is 0 Å². The van der Waals surface area contributed by atoms with Crippen molar-refractivity contribution in [2.45, 2.75) is 33.7 Å². The average Bonchev–Trinajstić information content (AvgIpc) is 1.85.